The molecule has 0 saturated heterocycles. The maximum absolute atomic E-state index is 12.7. The van der Waals surface area contributed by atoms with Crippen LogP contribution in [0.15, 0.2) is 40.8 Å². The Morgan fingerprint density at radius 1 is 1.18 bits per heavy atom. The zero-order valence-electron chi connectivity index (χ0n) is 19.2. The second-order valence-electron chi connectivity index (χ2n) is 9.46. The molecule has 1 atom stereocenters. The van der Waals surface area contributed by atoms with Crippen molar-refractivity contribution >= 4 is 57.1 Å². The molecule has 2 heterocycles. The molecule has 0 unspecified atom stereocenters. The highest BCUT2D eigenvalue weighted by molar-refractivity contribution is 7.80. The van der Waals surface area contributed by atoms with Gasteiger partial charge < -0.3 is 15.5 Å². The predicted octanol–water partition coefficient (Wildman–Crippen LogP) is 6.04. The minimum Gasteiger partial charge on any atom is -0.451 e. The van der Waals surface area contributed by atoms with Crippen LogP contribution >= 0.6 is 35.2 Å². The number of anilines is 1. The highest BCUT2D eigenvalue weighted by Gasteiger charge is 2.33. The largest absolute Gasteiger partial charge is 0.451 e. The van der Waals surface area contributed by atoms with Crippen molar-refractivity contribution in [3.63, 3.8) is 0 Å². The summed E-state index contributed by atoms with van der Waals surface area (Å²) in [5.41, 5.74) is 8.15. The number of benzene rings is 1. The molecule has 1 aliphatic carbocycles. The quantitative estimate of drug-likeness (QED) is 0.368. The van der Waals surface area contributed by atoms with Crippen molar-refractivity contribution in [2.75, 3.05) is 5.32 Å². The number of primary amides is 1. The summed E-state index contributed by atoms with van der Waals surface area (Å²) < 4.78 is 5.68. The highest BCUT2D eigenvalue weighted by atomic mass is 35.5. The third kappa shape index (κ3) is 5.19. The van der Waals surface area contributed by atoms with Gasteiger partial charge in [0.05, 0.1) is 5.56 Å². The van der Waals surface area contributed by atoms with Gasteiger partial charge in [-0.2, -0.15) is 0 Å². The second kappa shape index (κ2) is 9.52. The molecule has 2 aromatic heterocycles. The van der Waals surface area contributed by atoms with Crippen LogP contribution in [0.4, 0.5) is 5.00 Å². The lowest BCUT2D eigenvalue weighted by Gasteiger charge is -2.33. The number of hydrogen-bond acceptors (Lipinski definition) is 5. The molecular weight excluding hydrogens is 490 g/mol. The van der Waals surface area contributed by atoms with E-state index in [4.69, 9.17) is 34.0 Å². The number of nitrogens with two attached hydrogens (primary N) is 1. The lowest BCUT2D eigenvalue weighted by molar-refractivity contribution is 0.0950. The molecule has 34 heavy (non-hydrogen) atoms. The normalized spacial score (nSPS) is 15.5. The molecular formula is C25H26ClN3O3S2. The number of carbonyl (C=O) groups excluding carboxylic acids is 2. The Morgan fingerprint density at radius 3 is 2.53 bits per heavy atom. The van der Waals surface area contributed by atoms with Crippen LogP contribution in [-0.2, 0) is 12.8 Å². The summed E-state index contributed by atoms with van der Waals surface area (Å²) in [6.45, 7) is 6.71. The maximum Gasteiger partial charge on any atom is 0.293 e. The standard InChI is InChI=1S/C25H26ClN3O3S2/c1-25(2,3)14-6-9-16-19(12-14)34-23(20(16)21(27)30)29-24(33)28-22(31)18-11-10-17(32-18)13-4-7-15(26)8-5-13/h4-5,7-8,10-11,14H,6,9,12H2,1-3H3,(H2,27,30)(H2,28,29,31,33)/t14-/m1/s1. The van der Waals surface area contributed by atoms with Crippen LogP contribution in [0.3, 0.4) is 0 Å². The Labute approximate surface area is 212 Å². The maximum atomic E-state index is 12.7. The van der Waals surface area contributed by atoms with Crippen molar-refractivity contribution in [3.05, 3.63) is 63.2 Å². The van der Waals surface area contributed by atoms with E-state index in [2.05, 4.69) is 31.4 Å². The van der Waals surface area contributed by atoms with E-state index >= 15 is 0 Å². The minimum absolute atomic E-state index is 0.0721. The SMILES string of the molecule is CC(C)(C)[C@@H]1CCc2c(sc(NC(=S)NC(=O)c3ccc(-c4ccc(Cl)cc4)o3)c2C(N)=O)C1. The van der Waals surface area contributed by atoms with Crippen molar-refractivity contribution in [2.45, 2.75) is 40.0 Å². The molecule has 0 fully saturated rings. The lowest BCUT2D eigenvalue weighted by atomic mass is 9.72. The number of rotatable bonds is 4. The van der Waals surface area contributed by atoms with Crippen LogP contribution in [0.1, 0.15) is 58.5 Å². The van der Waals surface area contributed by atoms with Gasteiger partial charge >= 0.3 is 0 Å². The Hall–Kier alpha value is -2.68. The minimum atomic E-state index is -0.498. The molecule has 3 aromatic rings. The summed E-state index contributed by atoms with van der Waals surface area (Å²) in [4.78, 5) is 26.1. The Bertz CT molecular complexity index is 1260. The van der Waals surface area contributed by atoms with Gasteiger partial charge in [-0.25, -0.2) is 0 Å². The van der Waals surface area contributed by atoms with Crippen LogP contribution in [0, 0.1) is 11.3 Å². The smallest absolute Gasteiger partial charge is 0.293 e. The van der Waals surface area contributed by atoms with Gasteiger partial charge in [0.25, 0.3) is 11.8 Å². The third-order valence-corrected chi connectivity index (χ3v) is 7.77. The number of thiocarbonyl (C=S) groups is 1. The summed E-state index contributed by atoms with van der Waals surface area (Å²) in [7, 11) is 0. The number of furan rings is 1. The molecule has 1 aliphatic rings. The predicted molar refractivity (Wildman–Crippen MR) is 141 cm³/mol. The number of fused-ring (bicyclic) bond motifs is 1. The summed E-state index contributed by atoms with van der Waals surface area (Å²) in [5.74, 6) is 0.181. The van der Waals surface area contributed by atoms with E-state index < -0.39 is 11.8 Å². The topological polar surface area (TPSA) is 97.4 Å². The van der Waals surface area contributed by atoms with Gasteiger partial charge in [-0.05, 0) is 84.8 Å². The molecule has 9 heteroatoms. The fourth-order valence-electron chi connectivity index (χ4n) is 4.20. The average molecular weight is 516 g/mol. The molecule has 4 N–H and O–H groups in total. The first-order chi connectivity index (χ1) is 16.0. The van der Waals surface area contributed by atoms with Crippen LogP contribution in [0.5, 0.6) is 0 Å². The first kappa shape index (κ1) is 24.4. The van der Waals surface area contributed by atoms with E-state index in [0.29, 0.717) is 27.3 Å². The molecule has 2 amide bonds. The number of halogens is 1. The van der Waals surface area contributed by atoms with E-state index in [0.717, 1.165) is 35.3 Å². The molecule has 0 bridgehead atoms. The first-order valence-electron chi connectivity index (χ1n) is 11.0. The summed E-state index contributed by atoms with van der Waals surface area (Å²) in [5, 5.41) is 6.88. The van der Waals surface area contributed by atoms with Gasteiger partial charge in [-0.15, -0.1) is 11.3 Å². The van der Waals surface area contributed by atoms with E-state index in [-0.39, 0.29) is 16.3 Å². The van der Waals surface area contributed by atoms with Crippen molar-refractivity contribution in [1.82, 2.24) is 5.32 Å². The van der Waals surface area contributed by atoms with Gasteiger partial charge in [0.1, 0.15) is 10.8 Å². The highest BCUT2D eigenvalue weighted by Crippen LogP contribution is 2.44. The number of amides is 2. The number of hydrogen-bond donors (Lipinski definition) is 3. The molecule has 0 saturated carbocycles. The Kier molecular flexibility index (Phi) is 6.85. The van der Waals surface area contributed by atoms with Gasteiger partial charge in [-0.1, -0.05) is 32.4 Å². The van der Waals surface area contributed by atoms with E-state index in [9.17, 15) is 9.59 Å². The van der Waals surface area contributed by atoms with Gasteiger partial charge in [0.15, 0.2) is 10.9 Å². The van der Waals surface area contributed by atoms with E-state index in [1.165, 1.54) is 11.3 Å². The Balaban J connectivity index is 1.47. The molecule has 0 radical (unpaired) electrons. The summed E-state index contributed by atoms with van der Waals surface area (Å²) in [6.07, 6.45) is 2.69. The van der Waals surface area contributed by atoms with Crippen LogP contribution in [-0.4, -0.2) is 16.9 Å². The molecule has 4 rings (SSSR count). The summed E-state index contributed by atoms with van der Waals surface area (Å²) in [6, 6.07) is 10.4. The fraction of sp³-hybridized carbons (Fsp3) is 0.320. The van der Waals surface area contributed by atoms with E-state index in [1.807, 2.05) is 12.1 Å². The van der Waals surface area contributed by atoms with Crippen molar-refractivity contribution in [1.29, 1.82) is 0 Å². The molecule has 1 aromatic carbocycles. The zero-order chi connectivity index (χ0) is 24.6. The molecule has 6 nitrogen and oxygen atoms in total. The molecule has 178 valence electrons. The number of thiophene rings is 1. The molecule has 0 aliphatic heterocycles. The van der Waals surface area contributed by atoms with Crippen LogP contribution in [0.2, 0.25) is 5.02 Å². The second-order valence-corrected chi connectivity index (χ2v) is 11.4. The van der Waals surface area contributed by atoms with Crippen LogP contribution < -0.4 is 16.4 Å². The van der Waals surface area contributed by atoms with Crippen molar-refractivity contribution in [3.8, 4) is 11.3 Å². The number of carbonyl (C=O) groups is 2. The van der Waals surface area contributed by atoms with Gasteiger partial charge in [0, 0.05) is 15.5 Å². The monoisotopic (exact) mass is 515 g/mol. The van der Waals surface area contributed by atoms with Crippen LogP contribution in [0.25, 0.3) is 11.3 Å². The summed E-state index contributed by atoms with van der Waals surface area (Å²) >= 11 is 12.8. The first-order valence-corrected chi connectivity index (χ1v) is 12.6. The average Bonchev–Trinajstić information content (AvgIpc) is 3.37. The van der Waals surface area contributed by atoms with E-state index in [1.54, 1.807) is 24.3 Å². The number of nitrogens with one attached hydrogen (secondary N) is 2. The third-order valence-electron chi connectivity index (χ3n) is 6.15. The zero-order valence-corrected chi connectivity index (χ0v) is 21.5. The van der Waals surface area contributed by atoms with Gasteiger partial charge in [-0.3, -0.25) is 14.9 Å². The van der Waals surface area contributed by atoms with Crippen molar-refractivity contribution < 1.29 is 14.0 Å². The van der Waals surface area contributed by atoms with Gasteiger partial charge in [0.2, 0.25) is 0 Å². The van der Waals surface area contributed by atoms with Crippen molar-refractivity contribution in [2.24, 2.45) is 17.1 Å². The lowest BCUT2D eigenvalue weighted by Crippen LogP contribution is -2.34. The Morgan fingerprint density at radius 2 is 1.88 bits per heavy atom. The fourth-order valence-corrected chi connectivity index (χ4v) is 5.92. The molecule has 0 spiro atoms.